The van der Waals surface area contributed by atoms with Gasteiger partial charge in [0, 0.05) is 12.5 Å². The van der Waals surface area contributed by atoms with E-state index in [4.69, 9.17) is 16.3 Å². The second-order valence-corrected chi connectivity index (χ2v) is 5.47. The van der Waals surface area contributed by atoms with Crippen molar-refractivity contribution in [2.24, 2.45) is 5.92 Å². The molecule has 2 heteroatoms. The van der Waals surface area contributed by atoms with Gasteiger partial charge in [-0.2, -0.15) is 0 Å². The van der Waals surface area contributed by atoms with Crippen molar-refractivity contribution in [2.75, 3.05) is 13.2 Å². The second-order valence-electron chi connectivity index (χ2n) is 5.00. The molecule has 0 amide bonds. The van der Waals surface area contributed by atoms with Crippen LogP contribution in [0.2, 0.25) is 0 Å². The Morgan fingerprint density at radius 3 is 2.47 bits per heavy atom. The molecule has 0 spiro atoms. The molecular weight excluding hydrogens is 232 g/mol. The second kappa shape index (κ2) is 5.88. The molecule has 0 aliphatic carbocycles. The molecule has 1 aliphatic heterocycles. The van der Waals surface area contributed by atoms with Crippen LogP contribution in [0, 0.1) is 5.92 Å². The van der Waals surface area contributed by atoms with Crippen LogP contribution in [-0.2, 0) is 4.74 Å². The van der Waals surface area contributed by atoms with Crippen LogP contribution in [0.5, 0.6) is 0 Å². The molecule has 1 aromatic rings. The van der Waals surface area contributed by atoms with Gasteiger partial charge in [-0.1, -0.05) is 38.1 Å². The Kier molecular flexibility index (Phi) is 4.47. The van der Waals surface area contributed by atoms with E-state index < -0.39 is 0 Å². The van der Waals surface area contributed by atoms with Crippen molar-refractivity contribution in [3.05, 3.63) is 35.4 Å². The molecule has 3 atom stereocenters. The topological polar surface area (TPSA) is 9.23 Å². The molecule has 1 heterocycles. The average molecular weight is 253 g/mol. The Morgan fingerprint density at radius 1 is 1.29 bits per heavy atom. The lowest BCUT2D eigenvalue weighted by Gasteiger charge is -2.17. The fourth-order valence-corrected chi connectivity index (χ4v) is 2.64. The third kappa shape index (κ3) is 3.02. The van der Waals surface area contributed by atoms with Crippen molar-refractivity contribution >= 4 is 11.6 Å². The maximum atomic E-state index is 6.50. The van der Waals surface area contributed by atoms with Crippen LogP contribution in [0.25, 0.3) is 0 Å². The van der Waals surface area contributed by atoms with Crippen LogP contribution in [0.1, 0.15) is 49.1 Å². The minimum absolute atomic E-state index is 0.100. The zero-order valence-corrected chi connectivity index (χ0v) is 11.4. The van der Waals surface area contributed by atoms with Gasteiger partial charge in [-0.3, -0.25) is 0 Å². The number of rotatable bonds is 4. The van der Waals surface area contributed by atoms with Crippen LogP contribution < -0.4 is 0 Å². The van der Waals surface area contributed by atoms with E-state index in [0.717, 1.165) is 19.6 Å². The van der Waals surface area contributed by atoms with Crippen molar-refractivity contribution < 1.29 is 4.74 Å². The molecule has 1 nitrogen and oxygen atoms in total. The van der Waals surface area contributed by atoms with Crippen LogP contribution in [0.4, 0.5) is 0 Å². The van der Waals surface area contributed by atoms with Gasteiger partial charge in [-0.05, 0) is 29.9 Å². The monoisotopic (exact) mass is 252 g/mol. The Balaban J connectivity index is 2.06. The zero-order valence-electron chi connectivity index (χ0n) is 10.7. The lowest BCUT2D eigenvalue weighted by molar-refractivity contribution is 0.185. The first kappa shape index (κ1) is 12.9. The van der Waals surface area contributed by atoms with Gasteiger partial charge in [0.15, 0.2) is 0 Å². The first-order chi connectivity index (χ1) is 8.22. The molecule has 94 valence electrons. The maximum Gasteiger partial charge on any atom is 0.0636 e. The van der Waals surface area contributed by atoms with E-state index in [1.807, 2.05) is 0 Å². The van der Waals surface area contributed by atoms with E-state index in [1.54, 1.807) is 0 Å². The molecular formula is C15H21ClO. The predicted octanol–water partition coefficient (Wildman–Crippen LogP) is 4.52. The van der Waals surface area contributed by atoms with Gasteiger partial charge in [0.25, 0.3) is 0 Å². The predicted molar refractivity (Wildman–Crippen MR) is 72.7 cm³/mol. The standard InChI is InChI=1S/C15H21ClO/c1-3-11(2)12-4-6-13(7-5-12)15(16)14-8-9-17-10-14/h4-7,11,14-15H,3,8-10H2,1-2H3. The summed E-state index contributed by atoms with van der Waals surface area (Å²) in [6.45, 7) is 6.15. The summed E-state index contributed by atoms with van der Waals surface area (Å²) in [7, 11) is 0. The summed E-state index contributed by atoms with van der Waals surface area (Å²) < 4.78 is 5.39. The van der Waals surface area contributed by atoms with E-state index in [1.165, 1.54) is 17.5 Å². The molecule has 0 N–H and O–H groups in total. The normalized spacial score (nSPS) is 23.6. The van der Waals surface area contributed by atoms with Crippen molar-refractivity contribution in [3.8, 4) is 0 Å². The zero-order chi connectivity index (χ0) is 12.3. The first-order valence-corrected chi connectivity index (χ1v) is 6.97. The molecule has 0 radical (unpaired) electrons. The van der Waals surface area contributed by atoms with Crippen molar-refractivity contribution in [1.29, 1.82) is 0 Å². The summed E-state index contributed by atoms with van der Waals surface area (Å²) in [5.41, 5.74) is 2.64. The molecule has 0 aromatic heterocycles. The molecule has 0 saturated carbocycles. The molecule has 3 unspecified atom stereocenters. The van der Waals surface area contributed by atoms with E-state index >= 15 is 0 Å². The largest absolute Gasteiger partial charge is 0.381 e. The number of halogens is 1. The van der Waals surface area contributed by atoms with E-state index in [9.17, 15) is 0 Å². The van der Waals surface area contributed by atoms with Gasteiger partial charge in [0.2, 0.25) is 0 Å². The smallest absolute Gasteiger partial charge is 0.0636 e. The van der Waals surface area contributed by atoms with E-state index in [2.05, 4.69) is 38.1 Å². The van der Waals surface area contributed by atoms with Crippen molar-refractivity contribution in [2.45, 2.75) is 38.0 Å². The number of ether oxygens (including phenoxy) is 1. The van der Waals surface area contributed by atoms with Crippen LogP contribution in [-0.4, -0.2) is 13.2 Å². The summed E-state index contributed by atoms with van der Waals surface area (Å²) in [5.74, 6) is 1.11. The Morgan fingerprint density at radius 2 is 1.94 bits per heavy atom. The minimum Gasteiger partial charge on any atom is -0.381 e. The molecule has 1 fully saturated rings. The highest BCUT2D eigenvalue weighted by molar-refractivity contribution is 6.21. The minimum atomic E-state index is 0.100. The summed E-state index contributed by atoms with van der Waals surface area (Å²) in [6, 6.07) is 8.79. The summed E-state index contributed by atoms with van der Waals surface area (Å²) in [6.07, 6.45) is 2.27. The number of benzene rings is 1. The Labute approximate surface area is 109 Å². The highest BCUT2D eigenvalue weighted by Gasteiger charge is 2.25. The molecule has 1 aliphatic rings. The number of alkyl halides is 1. The molecule has 0 bridgehead atoms. The Bertz CT molecular complexity index is 340. The molecule has 1 saturated heterocycles. The summed E-state index contributed by atoms with van der Waals surface area (Å²) >= 11 is 6.50. The highest BCUT2D eigenvalue weighted by atomic mass is 35.5. The fourth-order valence-electron chi connectivity index (χ4n) is 2.30. The fraction of sp³-hybridized carbons (Fsp3) is 0.600. The van der Waals surface area contributed by atoms with Gasteiger partial charge < -0.3 is 4.74 Å². The highest BCUT2D eigenvalue weighted by Crippen LogP contribution is 2.34. The molecule has 17 heavy (non-hydrogen) atoms. The van der Waals surface area contributed by atoms with Gasteiger partial charge >= 0.3 is 0 Å². The van der Waals surface area contributed by atoms with Crippen LogP contribution in [0.15, 0.2) is 24.3 Å². The van der Waals surface area contributed by atoms with E-state index in [0.29, 0.717) is 11.8 Å². The first-order valence-electron chi connectivity index (χ1n) is 6.54. The quantitative estimate of drug-likeness (QED) is 0.716. The number of hydrogen-bond acceptors (Lipinski definition) is 1. The summed E-state index contributed by atoms with van der Waals surface area (Å²) in [5, 5.41) is 0.100. The van der Waals surface area contributed by atoms with Gasteiger partial charge in [-0.15, -0.1) is 11.6 Å². The van der Waals surface area contributed by atoms with E-state index in [-0.39, 0.29) is 5.38 Å². The number of hydrogen-bond donors (Lipinski definition) is 0. The van der Waals surface area contributed by atoms with Crippen molar-refractivity contribution in [3.63, 3.8) is 0 Å². The maximum absolute atomic E-state index is 6.50. The van der Waals surface area contributed by atoms with Gasteiger partial charge in [0.1, 0.15) is 0 Å². The van der Waals surface area contributed by atoms with Crippen LogP contribution in [0.3, 0.4) is 0 Å². The van der Waals surface area contributed by atoms with Gasteiger partial charge in [0.05, 0.1) is 12.0 Å². The third-order valence-corrected chi connectivity index (χ3v) is 4.42. The molecule has 2 rings (SSSR count). The summed E-state index contributed by atoms with van der Waals surface area (Å²) in [4.78, 5) is 0. The van der Waals surface area contributed by atoms with Crippen molar-refractivity contribution in [1.82, 2.24) is 0 Å². The van der Waals surface area contributed by atoms with Gasteiger partial charge in [-0.25, -0.2) is 0 Å². The molecule has 1 aromatic carbocycles. The third-order valence-electron chi connectivity index (χ3n) is 3.82. The van der Waals surface area contributed by atoms with Crippen LogP contribution >= 0.6 is 11.6 Å². The lowest BCUT2D eigenvalue weighted by Crippen LogP contribution is -2.07. The SMILES string of the molecule is CCC(C)c1ccc(C(Cl)C2CCOC2)cc1. The Hall–Kier alpha value is -0.530. The lowest BCUT2D eigenvalue weighted by atomic mass is 9.94. The average Bonchev–Trinajstić information content (AvgIpc) is 2.91.